The molecule has 92 valence electrons. The highest BCUT2D eigenvalue weighted by Crippen LogP contribution is 2.60. The van der Waals surface area contributed by atoms with Crippen LogP contribution in [0.2, 0.25) is 0 Å². The third-order valence-electron chi connectivity index (χ3n) is 1.46. The van der Waals surface area contributed by atoms with Gasteiger partial charge < -0.3 is 9.05 Å². The molecule has 0 heterocycles. The molecule has 0 aromatic carbocycles. The summed E-state index contributed by atoms with van der Waals surface area (Å²) in [6.45, 7) is 3.14. The van der Waals surface area contributed by atoms with Crippen molar-refractivity contribution < 1.29 is 17.8 Å². The molecule has 0 aliphatic rings. The minimum atomic E-state index is -3.00. The van der Waals surface area contributed by atoms with Gasteiger partial charge in [-0.15, -0.1) is 0 Å². The van der Waals surface area contributed by atoms with Crippen LogP contribution in [0.25, 0.3) is 0 Å². The molecule has 1 atom stereocenters. The lowest BCUT2D eigenvalue weighted by atomic mass is 10.9. The Hall–Kier alpha value is 0.650. The lowest BCUT2D eigenvalue weighted by Crippen LogP contribution is -2.03. The molecule has 0 spiro atoms. The Bertz CT molecular complexity index is 225. The average Bonchev–Trinajstić information content (AvgIpc) is 2.18. The van der Waals surface area contributed by atoms with Crippen molar-refractivity contribution in [2.45, 2.75) is 20.8 Å². The second-order valence-electron chi connectivity index (χ2n) is 2.55. The van der Waals surface area contributed by atoms with Gasteiger partial charge in [-0.05, 0) is 25.2 Å². The minimum absolute atomic E-state index is 0.362. The normalized spacial score (nSPS) is 14.1. The molecule has 0 rings (SSSR count). The molecule has 0 aliphatic heterocycles. The Labute approximate surface area is 98.2 Å². The van der Waals surface area contributed by atoms with Gasteiger partial charge in [-0.3, -0.25) is 4.21 Å². The van der Waals surface area contributed by atoms with Crippen molar-refractivity contribution in [3.63, 3.8) is 0 Å². The van der Waals surface area contributed by atoms with Crippen molar-refractivity contribution in [3.8, 4) is 0 Å². The van der Waals surface area contributed by atoms with Crippen LogP contribution in [0.15, 0.2) is 0 Å². The van der Waals surface area contributed by atoms with Crippen molar-refractivity contribution in [2.75, 3.05) is 30.5 Å². The zero-order valence-electron chi connectivity index (χ0n) is 9.43. The Morgan fingerprint density at radius 3 is 2.13 bits per heavy atom. The van der Waals surface area contributed by atoms with Gasteiger partial charge in [-0.2, -0.15) is 0 Å². The van der Waals surface area contributed by atoms with Gasteiger partial charge in [-0.1, -0.05) is 6.92 Å². The van der Waals surface area contributed by atoms with Crippen molar-refractivity contribution in [2.24, 2.45) is 0 Å². The van der Waals surface area contributed by atoms with Crippen molar-refractivity contribution in [1.29, 1.82) is 0 Å². The molecular weight excluding hydrogens is 255 g/mol. The first-order valence-electron chi connectivity index (χ1n) is 4.96. The van der Waals surface area contributed by atoms with Crippen molar-refractivity contribution >= 4 is 29.0 Å². The smallest absolute Gasteiger partial charge is 0.301 e. The topological polar surface area (TPSA) is 52.6 Å². The third kappa shape index (κ3) is 7.53. The summed E-state index contributed by atoms with van der Waals surface area (Å²) < 4.78 is 33.2. The average molecular weight is 274 g/mol. The molecule has 0 bridgehead atoms. The van der Waals surface area contributed by atoms with Gasteiger partial charge >= 0.3 is 6.80 Å². The summed E-state index contributed by atoms with van der Waals surface area (Å²) in [5.41, 5.74) is 0. The van der Waals surface area contributed by atoms with Crippen molar-refractivity contribution in [3.05, 3.63) is 0 Å². The Balaban J connectivity index is 3.96. The number of rotatable bonds is 9. The lowest BCUT2D eigenvalue weighted by Gasteiger charge is -2.15. The van der Waals surface area contributed by atoms with Gasteiger partial charge in [0.15, 0.2) is 0 Å². The van der Waals surface area contributed by atoms with E-state index in [-0.39, 0.29) is 0 Å². The van der Waals surface area contributed by atoms with Crippen LogP contribution < -0.4 is 0 Å². The quantitative estimate of drug-likeness (QED) is 0.605. The zero-order chi connectivity index (χ0) is 11.7. The number of hydrogen-bond donors (Lipinski definition) is 0. The van der Waals surface area contributed by atoms with E-state index in [0.29, 0.717) is 30.5 Å². The van der Waals surface area contributed by atoms with E-state index >= 15 is 0 Å². The third-order valence-corrected chi connectivity index (χ3v) is 7.00. The maximum Gasteiger partial charge on any atom is 0.389 e. The van der Waals surface area contributed by atoms with Crippen LogP contribution in [0.4, 0.5) is 0 Å². The summed E-state index contributed by atoms with van der Waals surface area (Å²) in [5.74, 6) is 1.71. The summed E-state index contributed by atoms with van der Waals surface area (Å²) in [7, 11) is -0.823. The second kappa shape index (κ2) is 8.76. The molecule has 0 radical (unpaired) electrons. The molecule has 4 nitrogen and oxygen atoms in total. The maximum absolute atomic E-state index is 11.9. The fourth-order valence-corrected chi connectivity index (χ4v) is 5.65. The summed E-state index contributed by atoms with van der Waals surface area (Å²) in [4.78, 5) is 0. The van der Waals surface area contributed by atoms with Gasteiger partial charge in [-0.25, -0.2) is 4.57 Å². The first kappa shape index (κ1) is 15.7. The highest BCUT2D eigenvalue weighted by Gasteiger charge is 2.24. The van der Waals surface area contributed by atoms with Gasteiger partial charge in [0.2, 0.25) is 0 Å². The SMILES string of the molecule is CCOP(=O)(OCC)SCCS(=O)CC. The zero-order valence-corrected chi connectivity index (χ0v) is 12.0. The summed E-state index contributed by atoms with van der Waals surface area (Å²) in [6.07, 6.45) is 0. The number of hydrogen-bond acceptors (Lipinski definition) is 5. The van der Waals surface area contributed by atoms with Gasteiger partial charge in [0, 0.05) is 28.1 Å². The first-order chi connectivity index (χ1) is 7.08. The van der Waals surface area contributed by atoms with Crippen LogP contribution in [0.1, 0.15) is 20.8 Å². The summed E-state index contributed by atoms with van der Waals surface area (Å²) >= 11 is 1.13. The molecule has 1 unspecified atom stereocenters. The fourth-order valence-electron chi connectivity index (χ4n) is 0.814. The van der Waals surface area contributed by atoms with E-state index < -0.39 is 17.6 Å². The van der Waals surface area contributed by atoms with Crippen LogP contribution in [0, 0.1) is 0 Å². The Kier molecular flexibility index (Phi) is 9.14. The minimum Gasteiger partial charge on any atom is -0.301 e. The van der Waals surface area contributed by atoms with Crippen molar-refractivity contribution in [1.82, 2.24) is 0 Å². The molecule has 0 saturated heterocycles. The summed E-state index contributed by atoms with van der Waals surface area (Å²) in [6, 6.07) is 0. The maximum atomic E-state index is 11.9. The predicted molar refractivity (Wildman–Crippen MR) is 66.9 cm³/mol. The van der Waals surface area contributed by atoms with Crippen LogP contribution >= 0.6 is 18.2 Å². The molecule has 0 N–H and O–H groups in total. The molecule has 15 heavy (non-hydrogen) atoms. The molecule has 0 fully saturated rings. The van der Waals surface area contributed by atoms with E-state index in [9.17, 15) is 8.77 Å². The highest BCUT2D eigenvalue weighted by molar-refractivity contribution is 8.55. The monoisotopic (exact) mass is 274 g/mol. The standard InChI is InChI=1S/C8H19O4PS2/c1-4-11-13(9,12-5-2)14-7-8-15(10)6-3/h4-8H2,1-3H3. The van der Waals surface area contributed by atoms with Crippen LogP contribution in [0.3, 0.4) is 0 Å². The van der Waals surface area contributed by atoms with E-state index in [1.807, 2.05) is 6.92 Å². The molecule has 0 aliphatic carbocycles. The molecule has 0 amide bonds. The molecule has 0 aromatic heterocycles. The van der Waals surface area contributed by atoms with Gasteiger partial charge in [0.1, 0.15) is 0 Å². The molecular formula is C8H19O4PS2. The van der Waals surface area contributed by atoms with E-state index in [0.717, 1.165) is 11.4 Å². The van der Waals surface area contributed by atoms with Gasteiger partial charge in [0.25, 0.3) is 0 Å². The van der Waals surface area contributed by atoms with E-state index in [2.05, 4.69) is 0 Å². The Morgan fingerprint density at radius 1 is 1.20 bits per heavy atom. The van der Waals surface area contributed by atoms with E-state index in [1.54, 1.807) is 13.8 Å². The van der Waals surface area contributed by atoms with Crippen LogP contribution in [-0.2, 0) is 24.4 Å². The van der Waals surface area contributed by atoms with E-state index in [4.69, 9.17) is 9.05 Å². The molecule has 7 heteroatoms. The van der Waals surface area contributed by atoms with E-state index in [1.165, 1.54) is 0 Å². The first-order valence-corrected chi connectivity index (χ1v) is 9.58. The predicted octanol–water partition coefficient (Wildman–Crippen LogP) is 2.67. The Morgan fingerprint density at radius 2 is 1.73 bits per heavy atom. The molecule has 0 saturated carbocycles. The molecule has 0 aromatic rings. The summed E-state index contributed by atoms with van der Waals surface area (Å²) in [5, 5.41) is 0. The fraction of sp³-hybridized carbons (Fsp3) is 1.00. The van der Waals surface area contributed by atoms with Crippen LogP contribution in [-0.4, -0.2) is 34.7 Å². The second-order valence-corrected chi connectivity index (χ2v) is 8.61. The lowest BCUT2D eigenvalue weighted by molar-refractivity contribution is 0.237. The van der Waals surface area contributed by atoms with Gasteiger partial charge in [0.05, 0.1) is 13.2 Å². The highest BCUT2D eigenvalue weighted by atomic mass is 32.7. The van der Waals surface area contributed by atoms with Crippen LogP contribution in [0.5, 0.6) is 0 Å². The largest absolute Gasteiger partial charge is 0.389 e.